The Morgan fingerprint density at radius 1 is 0.964 bits per heavy atom. The Hall–Kier alpha value is -2.34. The van der Waals surface area contributed by atoms with Gasteiger partial charge in [-0.3, -0.25) is 9.69 Å². The summed E-state index contributed by atoms with van der Waals surface area (Å²) in [4.78, 5) is 16.3. The van der Waals surface area contributed by atoms with E-state index >= 15 is 0 Å². The lowest BCUT2D eigenvalue weighted by Gasteiger charge is -2.38. The summed E-state index contributed by atoms with van der Waals surface area (Å²) in [6.07, 6.45) is -4.14. The van der Waals surface area contributed by atoms with E-state index < -0.39 is 17.5 Å². The largest absolute Gasteiger partial charge is 0.404 e. The molecular formula is C22H23F3N2O. The Morgan fingerprint density at radius 3 is 2.36 bits per heavy atom. The summed E-state index contributed by atoms with van der Waals surface area (Å²) < 4.78 is 42.5. The maximum atomic E-state index is 14.2. The number of nitrogens with zero attached hydrogens (tertiary/aromatic N) is 2. The molecular weight excluding hydrogens is 365 g/mol. The van der Waals surface area contributed by atoms with Crippen LogP contribution < -0.4 is 0 Å². The number of alkyl halides is 3. The van der Waals surface area contributed by atoms with Crippen LogP contribution in [0.2, 0.25) is 0 Å². The molecule has 1 saturated heterocycles. The highest BCUT2D eigenvalue weighted by Crippen LogP contribution is 2.47. The smallest absolute Gasteiger partial charge is 0.337 e. The van der Waals surface area contributed by atoms with Crippen molar-refractivity contribution >= 4 is 5.91 Å². The van der Waals surface area contributed by atoms with Crippen LogP contribution in [0.1, 0.15) is 23.1 Å². The van der Waals surface area contributed by atoms with Crippen molar-refractivity contribution in [2.75, 3.05) is 19.6 Å². The van der Waals surface area contributed by atoms with E-state index in [4.69, 9.17) is 0 Å². The van der Waals surface area contributed by atoms with Gasteiger partial charge in [-0.2, -0.15) is 13.2 Å². The number of fused-ring (bicyclic) bond motifs is 1. The molecule has 28 heavy (non-hydrogen) atoms. The van der Waals surface area contributed by atoms with Gasteiger partial charge in [0.05, 0.1) is 0 Å². The van der Waals surface area contributed by atoms with Gasteiger partial charge in [0.25, 0.3) is 0 Å². The second-order valence-corrected chi connectivity index (χ2v) is 7.77. The fourth-order valence-corrected chi connectivity index (χ4v) is 4.36. The van der Waals surface area contributed by atoms with Crippen molar-refractivity contribution in [1.82, 2.24) is 9.80 Å². The van der Waals surface area contributed by atoms with E-state index in [9.17, 15) is 18.0 Å². The standard InChI is InChI=1S/C22H23F3N2O/c23-22(24,25)21(11-13-26(16-21)14-17-6-2-1-3-7-17)20(28)27-12-10-18-8-4-5-9-19(18)15-27/h1-9H,10-16H2. The number of hydrogen-bond donors (Lipinski definition) is 0. The average molecular weight is 388 g/mol. The Labute approximate surface area is 162 Å². The number of likely N-dealkylation sites (tertiary alicyclic amines) is 1. The first-order chi connectivity index (χ1) is 13.4. The third-order valence-electron chi connectivity index (χ3n) is 5.97. The summed E-state index contributed by atoms with van der Waals surface area (Å²) in [5.41, 5.74) is 0.705. The molecule has 0 radical (unpaired) electrons. The minimum atomic E-state index is -4.56. The molecule has 0 aromatic heterocycles. The minimum Gasteiger partial charge on any atom is -0.337 e. The Morgan fingerprint density at radius 2 is 1.64 bits per heavy atom. The van der Waals surface area contributed by atoms with Crippen molar-refractivity contribution in [2.45, 2.75) is 32.1 Å². The second kappa shape index (κ2) is 7.24. The van der Waals surface area contributed by atoms with Crippen molar-refractivity contribution in [3.63, 3.8) is 0 Å². The molecule has 2 aliphatic heterocycles. The predicted molar refractivity (Wildman–Crippen MR) is 100 cm³/mol. The summed E-state index contributed by atoms with van der Waals surface area (Å²) in [5.74, 6) is -0.773. The molecule has 6 heteroatoms. The van der Waals surface area contributed by atoms with Crippen molar-refractivity contribution in [1.29, 1.82) is 0 Å². The van der Waals surface area contributed by atoms with Gasteiger partial charge in [0.2, 0.25) is 5.91 Å². The van der Waals surface area contributed by atoms with E-state index in [1.165, 1.54) is 4.90 Å². The molecule has 0 saturated carbocycles. The molecule has 0 bridgehead atoms. The summed E-state index contributed by atoms with van der Waals surface area (Å²) in [7, 11) is 0. The Balaban J connectivity index is 1.54. The lowest BCUT2D eigenvalue weighted by Crippen LogP contribution is -2.54. The van der Waals surface area contributed by atoms with Crippen molar-refractivity contribution in [3.05, 3.63) is 71.3 Å². The lowest BCUT2D eigenvalue weighted by molar-refractivity contribution is -0.224. The molecule has 1 fully saturated rings. The van der Waals surface area contributed by atoms with Crippen LogP contribution in [0.15, 0.2) is 54.6 Å². The zero-order valence-corrected chi connectivity index (χ0v) is 15.6. The highest BCUT2D eigenvalue weighted by atomic mass is 19.4. The molecule has 2 aromatic carbocycles. The summed E-state index contributed by atoms with van der Waals surface area (Å²) in [6, 6.07) is 17.1. The van der Waals surface area contributed by atoms with Gasteiger partial charge in [0, 0.05) is 26.2 Å². The maximum Gasteiger partial charge on any atom is 0.404 e. The topological polar surface area (TPSA) is 23.6 Å². The molecule has 0 aliphatic carbocycles. The SMILES string of the molecule is O=C(N1CCc2ccccc2C1)C1(C(F)(F)F)CCN(Cc2ccccc2)C1. The highest BCUT2D eigenvalue weighted by Gasteiger charge is 2.64. The van der Waals surface area contributed by atoms with E-state index in [0.717, 1.165) is 16.7 Å². The number of halogens is 3. The normalized spacial score (nSPS) is 22.9. The van der Waals surface area contributed by atoms with Crippen LogP contribution >= 0.6 is 0 Å². The minimum absolute atomic E-state index is 0.180. The van der Waals surface area contributed by atoms with Crippen LogP contribution in [0.25, 0.3) is 0 Å². The monoisotopic (exact) mass is 388 g/mol. The highest BCUT2D eigenvalue weighted by molar-refractivity contribution is 5.84. The summed E-state index contributed by atoms with van der Waals surface area (Å²) in [5, 5.41) is 0. The van der Waals surface area contributed by atoms with E-state index in [0.29, 0.717) is 19.5 Å². The molecule has 148 valence electrons. The van der Waals surface area contributed by atoms with Crippen molar-refractivity contribution in [2.24, 2.45) is 5.41 Å². The quantitative estimate of drug-likeness (QED) is 0.793. The third-order valence-corrected chi connectivity index (χ3v) is 5.97. The number of carbonyl (C=O) groups is 1. The van der Waals surface area contributed by atoms with Gasteiger partial charge in [0.15, 0.2) is 5.41 Å². The number of carbonyl (C=O) groups excluding carboxylic acids is 1. The lowest BCUT2D eigenvalue weighted by atomic mass is 9.83. The number of benzene rings is 2. The first-order valence-electron chi connectivity index (χ1n) is 9.58. The summed E-state index contributed by atoms with van der Waals surface area (Å²) in [6.45, 7) is 1.01. The first-order valence-corrected chi connectivity index (χ1v) is 9.58. The van der Waals surface area contributed by atoms with Gasteiger partial charge >= 0.3 is 6.18 Å². The molecule has 4 rings (SSSR count). The molecule has 1 unspecified atom stereocenters. The zero-order chi connectivity index (χ0) is 19.8. The summed E-state index contributed by atoms with van der Waals surface area (Å²) >= 11 is 0. The van der Waals surface area contributed by atoms with Crippen LogP contribution in [-0.2, 0) is 24.3 Å². The third kappa shape index (κ3) is 3.41. The number of amides is 1. The average Bonchev–Trinajstić information content (AvgIpc) is 3.13. The van der Waals surface area contributed by atoms with Gasteiger partial charge in [-0.15, -0.1) is 0 Å². The first kappa shape index (κ1) is 19.0. The van der Waals surface area contributed by atoms with Crippen LogP contribution in [0.5, 0.6) is 0 Å². The zero-order valence-electron chi connectivity index (χ0n) is 15.6. The number of hydrogen-bond acceptors (Lipinski definition) is 2. The fourth-order valence-electron chi connectivity index (χ4n) is 4.36. The van der Waals surface area contributed by atoms with Crippen molar-refractivity contribution < 1.29 is 18.0 Å². The molecule has 1 atom stereocenters. The second-order valence-electron chi connectivity index (χ2n) is 7.77. The van der Waals surface area contributed by atoms with Crippen LogP contribution in [-0.4, -0.2) is 41.5 Å². The van der Waals surface area contributed by atoms with E-state index in [-0.39, 0.29) is 26.1 Å². The van der Waals surface area contributed by atoms with Gasteiger partial charge in [-0.1, -0.05) is 54.6 Å². The van der Waals surface area contributed by atoms with Gasteiger partial charge in [-0.05, 0) is 36.1 Å². The van der Waals surface area contributed by atoms with E-state index in [2.05, 4.69) is 0 Å². The fraction of sp³-hybridized carbons (Fsp3) is 0.409. The van der Waals surface area contributed by atoms with Crippen LogP contribution in [0.3, 0.4) is 0 Å². The van der Waals surface area contributed by atoms with E-state index in [1.807, 2.05) is 54.6 Å². The molecule has 0 N–H and O–H groups in total. The van der Waals surface area contributed by atoms with Gasteiger partial charge in [-0.25, -0.2) is 0 Å². The Kier molecular flexibility index (Phi) is 4.91. The van der Waals surface area contributed by atoms with Gasteiger partial charge < -0.3 is 4.90 Å². The predicted octanol–water partition coefficient (Wildman–Crippen LogP) is 4.03. The van der Waals surface area contributed by atoms with Crippen LogP contribution in [0, 0.1) is 5.41 Å². The molecule has 2 heterocycles. The Bertz CT molecular complexity index is 852. The van der Waals surface area contributed by atoms with Crippen LogP contribution in [0.4, 0.5) is 13.2 Å². The molecule has 2 aliphatic rings. The number of rotatable bonds is 3. The maximum absolute atomic E-state index is 14.2. The van der Waals surface area contributed by atoms with E-state index in [1.54, 1.807) is 4.90 Å². The molecule has 2 aromatic rings. The molecule has 1 amide bonds. The van der Waals surface area contributed by atoms with Gasteiger partial charge in [0.1, 0.15) is 0 Å². The van der Waals surface area contributed by atoms with Crippen molar-refractivity contribution in [3.8, 4) is 0 Å². The molecule has 0 spiro atoms. The molecule has 3 nitrogen and oxygen atoms in total.